The Morgan fingerprint density at radius 3 is 1.39 bits per heavy atom. The molecule has 2 aromatic carbocycles. The molecule has 7 nitrogen and oxygen atoms in total. The second-order valence-electron chi connectivity index (χ2n) is 9.40. The van der Waals surface area contributed by atoms with Gasteiger partial charge in [0.2, 0.25) is 23.6 Å². The number of nitrogens with zero attached hydrogens (tertiary/aromatic N) is 2. The Balaban J connectivity index is 1.21. The molecule has 6 atom stereocenters. The van der Waals surface area contributed by atoms with Gasteiger partial charge in [0.25, 0.3) is 0 Å². The second-order valence-corrected chi connectivity index (χ2v) is 9.40. The van der Waals surface area contributed by atoms with E-state index in [0.717, 1.165) is 11.1 Å². The van der Waals surface area contributed by atoms with Crippen molar-refractivity contribution in [3.63, 3.8) is 0 Å². The van der Waals surface area contributed by atoms with Crippen LogP contribution in [0.4, 0.5) is 11.4 Å². The molecule has 33 heavy (non-hydrogen) atoms. The largest absolute Gasteiger partial charge is 0.365 e. The maximum Gasteiger partial charge on any atom is 0.240 e. The number of para-hydroxylation sites is 2. The lowest BCUT2D eigenvalue weighted by Gasteiger charge is -2.31. The summed E-state index contributed by atoms with van der Waals surface area (Å²) in [6.45, 7) is 0. The van der Waals surface area contributed by atoms with Gasteiger partial charge in [-0.25, -0.2) is 4.90 Å². The maximum absolute atomic E-state index is 13.3. The summed E-state index contributed by atoms with van der Waals surface area (Å²) in [7, 11) is 0. The molecule has 0 N–H and O–H groups in total. The lowest BCUT2D eigenvalue weighted by Crippen LogP contribution is -2.36. The van der Waals surface area contributed by atoms with Gasteiger partial charge in [-0.2, -0.15) is 0 Å². The van der Waals surface area contributed by atoms with Crippen molar-refractivity contribution in [1.82, 2.24) is 0 Å². The zero-order valence-electron chi connectivity index (χ0n) is 17.6. The molecule has 4 heterocycles. The molecule has 0 saturated carbocycles. The summed E-state index contributed by atoms with van der Waals surface area (Å²) in [6, 6.07) is 17.9. The van der Waals surface area contributed by atoms with Crippen LogP contribution in [-0.4, -0.2) is 35.8 Å². The Kier molecular flexibility index (Phi) is 3.72. The van der Waals surface area contributed by atoms with Gasteiger partial charge in [0.1, 0.15) is 0 Å². The molecular formula is C26H20N2O5. The van der Waals surface area contributed by atoms with Gasteiger partial charge in [-0.05, 0) is 48.3 Å². The van der Waals surface area contributed by atoms with Crippen LogP contribution in [0.3, 0.4) is 0 Å². The van der Waals surface area contributed by atoms with E-state index in [9.17, 15) is 19.2 Å². The number of rotatable bonds is 2. The fourth-order valence-corrected chi connectivity index (χ4v) is 6.52. The highest BCUT2D eigenvalue weighted by molar-refractivity contribution is 6.24. The normalized spacial score (nSPS) is 34.3. The molecule has 1 aliphatic carbocycles. The van der Waals surface area contributed by atoms with Crippen molar-refractivity contribution < 1.29 is 23.9 Å². The highest BCUT2D eigenvalue weighted by Crippen LogP contribution is 2.58. The first-order valence-corrected chi connectivity index (χ1v) is 11.3. The highest BCUT2D eigenvalue weighted by atomic mass is 16.5. The van der Waals surface area contributed by atoms with Crippen molar-refractivity contribution in [1.29, 1.82) is 0 Å². The van der Waals surface area contributed by atoms with Crippen LogP contribution in [0.2, 0.25) is 0 Å². The minimum absolute atomic E-state index is 0.193. The number of hydrogen-bond acceptors (Lipinski definition) is 5. The van der Waals surface area contributed by atoms with Gasteiger partial charge in [0.15, 0.2) is 0 Å². The van der Waals surface area contributed by atoms with Crippen molar-refractivity contribution >= 4 is 35.0 Å². The van der Waals surface area contributed by atoms with E-state index >= 15 is 0 Å². The van der Waals surface area contributed by atoms with Crippen molar-refractivity contribution in [2.45, 2.75) is 25.0 Å². The lowest BCUT2D eigenvalue weighted by atomic mass is 9.67. The standard InChI is InChI=1S/C26H20N2O5/c29-23-17-11-15-16(12-18(17)24(30)27(23)13-7-3-1-4-8-13)22-20-19(21(15)33-22)25(31)28(26(20)32)14-9-5-2-6-10-14/h1-10,17-22H,11-12H2. The van der Waals surface area contributed by atoms with Crippen molar-refractivity contribution in [2.24, 2.45) is 23.7 Å². The van der Waals surface area contributed by atoms with E-state index in [2.05, 4.69) is 0 Å². The van der Waals surface area contributed by atoms with Gasteiger partial charge in [0.05, 0.1) is 47.3 Å². The third kappa shape index (κ3) is 2.32. The van der Waals surface area contributed by atoms with Crippen LogP contribution in [0.25, 0.3) is 0 Å². The Morgan fingerprint density at radius 1 is 0.576 bits per heavy atom. The van der Waals surface area contributed by atoms with E-state index in [1.54, 1.807) is 48.5 Å². The zero-order chi connectivity index (χ0) is 22.4. The summed E-state index contributed by atoms with van der Waals surface area (Å²) < 4.78 is 6.18. The van der Waals surface area contributed by atoms with Crippen molar-refractivity contribution in [2.75, 3.05) is 9.80 Å². The number of fused-ring (bicyclic) bond motifs is 8. The van der Waals surface area contributed by atoms with Gasteiger partial charge in [-0.1, -0.05) is 36.4 Å². The third-order valence-electron chi connectivity index (χ3n) is 7.91. The van der Waals surface area contributed by atoms with Gasteiger partial charge < -0.3 is 4.74 Å². The number of carbonyl (C=O) groups is 4. The van der Waals surface area contributed by atoms with Gasteiger partial charge in [-0.15, -0.1) is 0 Å². The van der Waals surface area contributed by atoms with Gasteiger partial charge in [0, 0.05) is 0 Å². The minimum atomic E-state index is -0.560. The smallest absolute Gasteiger partial charge is 0.240 e. The number of benzene rings is 2. The number of amides is 4. The average Bonchev–Trinajstić information content (AvgIpc) is 3.54. The van der Waals surface area contributed by atoms with Crippen molar-refractivity contribution in [3.05, 3.63) is 71.8 Å². The summed E-state index contributed by atoms with van der Waals surface area (Å²) in [5.41, 5.74) is 3.06. The predicted octanol–water partition coefficient (Wildman–Crippen LogP) is 2.47. The molecule has 7 rings (SSSR count). The molecule has 3 fully saturated rings. The third-order valence-corrected chi connectivity index (χ3v) is 7.91. The molecule has 4 amide bonds. The van der Waals surface area contributed by atoms with Crippen LogP contribution in [-0.2, 0) is 23.9 Å². The molecule has 3 saturated heterocycles. The highest BCUT2D eigenvalue weighted by Gasteiger charge is 2.67. The van der Waals surface area contributed by atoms with Crippen molar-refractivity contribution in [3.8, 4) is 0 Å². The SMILES string of the molecule is O=C1C2CC3=C(CC2C(=O)N1c1ccccc1)C1OC3C2C(=O)N(c3ccccc3)C(=O)C12. The summed E-state index contributed by atoms with van der Waals surface area (Å²) in [5, 5.41) is 0. The van der Waals surface area contributed by atoms with Crippen LogP contribution in [0.15, 0.2) is 71.8 Å². The summed E-state index contributed by atoms with van der Waals surface area (Å²) >= 11 is 0. The summed E-state index contributed by atoms with van der Waals surface area (Å²) in [6.07, 6.45) is -0.166. The first kappa shape index (κ1) is 18.9. The molecule has 5 aliphatic rings. The lowest BCUT2D eigenvalue weighted by molar-refractivity contribution is -0.125. The molecule has 0 spiro atoms. The molecular weight excluding hydrogens is 420 g/mol. The van der Waals surface area contributed by atoms with Crippen LogP contribution in [0.1, 0.15) is 12.8 Å². The quantitative estimate of drug-likeness (QED) is 0.529. The summed E-state index contributed by atoms with van der Waals surface area (Å²) in [4.78, 5) is 55.7. The van der Waals surface area contributed by atoms with E-state index in [0.29, 0.717) is 24.2 Å². The number of hydrogen-bond donors (Lipinski definition) is 0. The number of imide groups is 2. The number of anilines is 2. The van der Waals surface area contributed by atoms with Crippen LogP contribution in [0.5, 0.6) is 0 Å². The number of ether oxygens (including phenoxy) is 1. The minimum Gasteiger partial charge on any atom is -0.365 e. The van der Waals surface area contributed by atoms with E-state index in [1.165, 1.54) is 9.80 Å². The molecule has 2 bridgehead atoms. The fourth-order valence-electron chi connectivity index (χ4n) is 6.52. The molecule has 0 aromatic heterocycles. The molecule has 164 valence electrons. The predicted molar refractivity (Wildman–Crippen MR) is 117 cm³/mol. The monoisotopic (exact) mass is 440 g/mol. The second kappa shape index (κ2) is 6.48. The molecule has 2 aromatic rings. The van der Waals surface area contributed by atoms with Crippen LogP contribution in [0, 0.1) is 23.7 Å². The first-order valence-electron chi connectivity index (χ1n) is 11.3. The van der Waals surface area contributed by atoms with E-state index in [-0.39, 0.29) is 23.6 Å². The number of carbonyl (C=O) groups excluding carboxylic acids is 4. The maximum atomic E-state index is 13.3. The topological polar surface area (TPSA) is 84.0 Å². The Labute approximate surface area is 189 Å². The fraction of sp³-hybridized carbons (Fsp3) is 0.308. The first-order chi connectivity index (χ1) is 16.1. The van der Waals surface area contributed by atoms with Crippen LogP contribution >= 0.6 is 0 Å². The molecule has 6 unspecified atom stereocenters. The van der Waals surface area contributed by atoms with E-state index in [4.69, 9.17) is 4.74 Å². The Morgan fingerprint density at radius 2 is 0.970 bits per heavy atom. The van der Waals surface area contributed by atoms with Crippen LogP contribution < -0.4 is 9.80 Å². The zero-order valence-corrected chi connectivity index (χ0v) is 17.6. The molecule has 0 radical (unpaired) electrons. The molecule has 4 aliphatic heterocycles. The Hall–Kier alpha value is -3.58. The average molecular weight is 440 g/mol. The van der Waals surface area contributed by atoms with E-state index < -0.39 is 35.9 Å². The molecule has 7 heteroatoms. The Bertz CT molecular complexity index is 1210. The van der Waals surface area contributed by atoms with Gasteiger partial charge in [-0.3, -0.25) is 24.1 Å². The van der Waals surface area contributed by atoms with E-state index in [1.807, 2.05) is 12.1 Å². The van der Waals surface area contributed by atoms with Gasteiger partial charge >= 0.3 is 0 Å². The summed E-state index contributed by atoms with van der Waals surface area (Å²) in [5.74, 6) is -2.88.